The van der Waals surface area contributed by atoms with Gasteiger partial charge in [-0.1, -0.05) is 25.1 Å². The lowest BCUT2D eigenvalue weighted by Crippen LogP contribution is -2.48. The van der Waals surface area contributed by atoms with E-state index in [9.17, 15) is 19.5 Å². The van der Waals surface area contributed by atoms with E-state index in [1.165, 1.54) is 0 Å². The Morgan fingerprint density at radius 1 is 1.11 bits per heavy atom. The van der Waals surface area contributed by atoms with Gasteiger partial charge in [-0.05, 0) is 51.1 Å². The van der Waals surface area contributed by atoms with Crippen LogP contribution in [0.4, 0.5) is 21.0 Å². The highest BCUT2D eigenvalue weighted by atomic mass is 16.5. The first kappa shape index (κ1) is 28.8. The molecule has 0 fully saturated rings. The lowest BCUT2D eigenvalue weighted by molar-refractivity contribution is -0.134. The summed E-state index contributed by atoms with van der Waals surface area (Å²) in [5.74, 6) is 0.212. The van der Waals surface area contributed by atoms with Crippen LogP contribution in [0.1, 0.15) is 33.3 Å². The predicted octanol–water partition coefficient (Wildman–Crippen LogP) is 3.53. The third-order valence-electron chi connectivity index (χ3n) is 6.42. The second-order valence-corrected chi connectivity index (χ2v) is 10.1. The Kier molecular flexibility index (Phi) is 9.95. The average Bonchev–Trinajstić information content (AvgIpc) is 2.91. The molecule has 10 nitrogen and oxygen atoms in total. The van der Waals surface area contributed by atoms with Gasteiger partial charge in [0, 0.05) is 42.5 Å². The molecule has 0 radical (unpaired) electrons. The lowest BCUT2D eigenvalue weighted by atomic mass is 10.0. The minimum Gasteiger partial charge on any atom is -0.488 e. The number of nitrogens with one attached hydrogen (secondary N) is 3. The van der Waals surface area contributed by atoms with Crippen molar-refractivity contribution in [3.63, 3.8) is 0 Å². The van der Waals surface area contributed by atoms with Gasteiger partial charge in [0.05, 0.1) is 25.6 Å². The summed E-state index contributed by atoms with van der Waals surface area (Å²) in [6, 6.07) is 13.4. The molecule has 1 aliphatic heterocycles. The molecular weight excluding hydrogens is 486 g/mol. The highest BCUT2D eigenvalue weighted by Crippen LogP contribution is 2.29. The number of ether oxygens (including phenoxy) is 1. The van der Waals surface area contributed by atoms with Crippen LogP contribution >= 0.6 is 0 Å². The number of rotatable bonds is 7. The molecule has 10 heteroatoms. The molecule has 0 aliphatic carbocycles. The van der Waals surface area contributed by atoms with E-state index in [0.717, 1.165) is 0 Å². The Morgan fingerprint density at radius 3 is 2.47 bits per heavy atom. The number of carbonyl (C=O) groups excluding carboxylic acids is 3. The van der Waals surface area contributed by atoms with Crippen LogP contribution in [0.15, 0.2) is 48.5 Å². The van der Waals surface area contributed by atoms with E-state index in [0.29, 0.717) is 29.2 Å². The highest BCUT2D eigenvalue weighted by Gasteiger charge is 2.32. The summed E-state index contributed by atoms with van der Waals surface area (Å²) in [6.07, 6.45) is -0.396. The van der Waals surface area contributed by atoms with Gasteiger partial charge in [0.25, 0.3) is 0 Å². The van der Waals surface area contributed by atoms with Gasteiger partial charge >= 0.3 is 12.1 Å². The molecule has 0 unspecified atom stereocenters. The van der Waals surface area contributed by atoms with Crippen LogP contribution in [-0.2, 0) is 11.2 Å². The van der Waals surface area contributed by atoms with E-state index in [-0.39, 0.29) is 55.5 Å². The van der Waals surface area contributed by atoms with Crippen molar-refractivity contribution in [2.24, 2.45) is 5.92 Å². The van der Waals surface area contributed by atoms with Crippen molar-refractivity contribution in [2.75, 3.05) is 37.4 Å². The standard InChI is InChI=1S/C28H39N5O5/c1-18(2)29-27(36)30-23-11-12-24-21(13-23)14-26(35)33(20(4)17-34)15-19(3)25(38-24)16-32(5)28(37)31-22-9-7-6-8-10-22/h6-13,18-20,25,34H,14-17H2,1-5H3,(H,31,37)(H2,29,30,36)/t19-,20-,25+/m0/s1. The van der Waals surface area contributed by atoms with Crippen LogP contribution in [0, 0.1) is 5.92 Å². The summed E-state index contributed by atoms with van der Waals surface area (Å²) in [4.78, 5) is 41.6. The van der Waals surface area contributed by atoms with Gasteiger partial charge < -0.3 is 35.6 Å². The summed E-state index contributed by atoms with van der Waals surface area (Å²) in [6.45, 7) is 7.95. The summed E-state index contributed by atoms with van der Waals surface area (Å²) in [7, 11) is 1.70. The Labute approximate surface area is 224 Å². The number of nitrogens with zero attached hydrogens (tertiary/aromatic N) is 2. The average molecular weight is 526 g/mol. The van der Waals surface area contributed by atoms with Crippen LogP contribution in [0.25, 0.3) is 0 Å². The van der Waals surface area contributed by atoms with Crippen molar-refractivity contribution in [1.82, 2.24) is 15.1 Å². The number of aliphatic hydroxyl groups excluding tert-OH is 1. The fraction of sp³-hybridized carbons (Fsp3) is 0.464. The van der Waals surface area contributed by atoms with Gasteiger partial charge in [-0.2, -0.15) is 0 Å². The number of aliphatic hydroxyl groups is 1. The topological polar surface area (TPSA) is 123 Å². The minimum absolute atomic E-state index is 0.0281. The van der Waals surface area contributed by atoms with E-state index < -0.39 is 6.10 Å². The number of hydrogen-bond donors (Lipinski definition) is 4. The number of likely N-dealkylation sites (N-methyl/N-ethyl adjacent to an activating group) is 1. The van der Waals surface area contributed by atoms with Crippen LogP contribution in [0.2, 0.25) is 0 Å². The molecule has 0 bridgehead atoms. The molecule has 4 N–H and O–H groups in total. The molecule has 38 heavy (non-hydrogen) atoms. The maximum Gasteiger partial charge on any atom is 0.321 e. The number of fused-ring (bicyclic) bond motifs is 1. The molecule has 0 spiro atoms. The molecule has 5 amide bonds. The molecule has 1 heterocycles. The van der Waals surface area contributed by atoms with E-state index >= 15 is 0 Å². The molecule has 3 rings (SSSR count). The van der Waals surface area contributed by atoms with Gasteiger partial charge in [-0.3, -0.25) is 4.79 Å². The second-order valence-electron chi connectivity index (χ2n) is 10.1. The van der Waals surface area contributed by atoms with Crippen LogP contribution in [0.5, 0.6) is 5.75 Å². The van der Waals surface area contributed by atoms with Crippen molar-refractivity contribution in [3.8, 4) is 5.75 Å². The van der Waals surface area contributed by atoms with E-state index in [4.69, 9.17) is 4.74 Å². The maximum atomic E-state index is 13.3. The zero-order chi connectivity index (χ0) is 27.8. The lowest BCUT2D eigenvalue weighted by Gasteiger charge is -2.34. The SMILES string of the molecule is CC(C)NC(=O)Nc1ccc2c(c1)CC(=O)N([C@@H](C)CO)C[C@H](C)[C@@H](CN(C)C(=O)Nc1ccccc1)O2. The van der Waals surface area contributed by atoms with Gasteiger partial charge in [-0.25, -0.2) is 9.59 Å². The van der Waals surface area contributed by atoms with Crippen LogP contribution in [-0.4, -0.2) is 77.8 Å². The second kappa shape index (κ2) is 13.1. The number of benzene rings is 2. The van der Waals surface area contributed by atoms with E-state index in [1.807, 2.05) is 51.1 Å². The Balaban J connectivity index is 1.87. The summed E-state index contributed by atoms with van der Waals surface area (Å²) in [5, 5.41) is 18.3. The summed E-state index contributed by atoms with van der Waals surface area (Å²) < 4.78 is 6.44. The zero-order valence-electron chi connectivity index (χ0n) is 22.7. The minimum atomic E-state index is -0.442. The molecule has 2 aromatic rings. The van der Waals surface area contributed by atoms with Crippen LogP contribution in [0.3, 0.4) is 0 Å². The molecule has 0 aromatic heterocycles. The summed E-state index contributed by atoms with van der Waals surface area (Å²) >= 11 is 0. The molecule has 206 valence electrons. The van der Waals surface area contributed by atoms with Crippen molar-refractivity contribution < 1.29 is 24.2 Å². The number of carbonyl (C=O) groups is 3. The molecular formula is C28H39N5O5. The van der Waals surface area contributed by atoms with Crippen LogP contribution < -0.4 is 20.7 Å². The normalized spacial score (nSPS) is 18.3. The van der Waals surface area contributed by atoms with Crippen molar-refractivity contribution in [3.05, 3.63) is 54.1 Å². The first-order valence-electron chi connectivity index (χ1n) is 12.9. The molecule has 2 aromatic carbocycles. The Hall–Kier alpha value is -3.79. The van der Waals surface area contributed by atoms with Gasteiger partial charge in [0.2, 0.25) is 5.91 Å². The smallest absolute Gasteiger partial charge is 0.321 e. The van der Waals surface area contributed by atoms with Gasteiger partial charge in [-0.15, -0.1) is 0 Å². The number of urea groups is 2. The van der Waals surface area contributed by atoms with Gasteiger partial charge in [0.15, 0.2) is 0 Å². The van der Waals surface area contributed by atoms with Crippen molar-refractivity contribution >= 4 is 29.3 Å². The number of hydrogen-bond acceptors (Lipinski definition) is 5. The van der Waals surface area contributed by atoms with E-state index in [1.54, 1.807) is 42.0 Å². The Bertz CT molecular complexity index is 1110. The summed E-state index contributed by atoms with van der Waals surface area (Å²) in [5.41, 5.74) is 1.83. The molecule has 0 saturated heterocycles. The number of para-hydroxylation sites is 1. The number of anilines is 2. The third-order valence-corrected chi connectivity index (χ3v) is 6.42. The number of amides is 5. The van der Waals surface area contributed by atoms with Gasteiger partial charge in [0.1, 0.15) is 11.9 Å². The van der Waals surface area contributed by atoms with Crippen molar-refractivity contribution in [2.45, 2.75) is 52.3 Å². The quantitative estimate of drug-likeness (QED) is 0.440. The largest absolute Gasteiger partial charge is 0.488 e. The monoisotopic (exact) mass is 525 g/mol. The fourth-order valence-corrected chi connectivity index (χ4v) is 4.25. The van der Waals surface area contributed by atoms with Crippen molar-refractivity contribution in [1.29, 1.82) is 0 Å². The third kappa shape index (κ3) is 7.85. The predicted molar refractivity (Wildman–Crippen MR) is 147 cm³/mol. The highest BCUT2D eigenvalue weighted by molar-refractivity contribution is 5.90. The van der Waals surface area contributed by atoms with E-state index in [2.05, 4.69) is 16.0 Å². The molecule has 1 aliphatic rings. The maximum absolute atomic E-state index is 13.3. The first-order chi connectivity index (χ1) is 18.1. The fourth-order valence-electron chi connectivity index (χ4n) is 4.25. The molecule has 3 atom stereocenters. The Morgan fingerprint density at radius 2 is 1.82 bits per heavy atom. The zero-order valence-corrected chi connectivity index (χ0v) is 22.7. The molecule has 0 saturated carbocycles. The first-order valence-corrected chi connectivity index (χ1v) is 12.9.